The van der Waals surface area contributed by atoms with Crippen molar-refractivity contribution in [2.75, 3.05) is 27.2 Å². The number of carbonyl (C=O) groups excluding carboxylic acids is 1. The Balaban J connectivity index is 1.56. The molecule has 1 amide bonds. The highest BCUT2D eigenvalue weighted by molar-refractivity contribution is 7.91. The fourth-order valence-electron chi connectivity index (χ4n) is 3.37. The third-order valence-electron chi connectivity index (χ3n) is 4.83. The number of rotatable bonds is 7. The van der Waals surface area contributed by atoms with Crippen molar-refractivity contribution in [2.45, 2.75) is 30.1 Å². The molecule has 1 saturated heterocycles. The molecule has 28 heavy (non-hydrogen) atoms. The molecule has 1 aromatic carbocycles. The number of carbonyl (C=O) groups is 1. The molecule has 1 fully saturated rings. The number of benzene rings is 1. The molecule has 1 N–H and O–H groups in total. The Hall–Kier alpha value is -1.74. The molecule has 1 atom stereocenters. The Morgan fingerprint density at radius 3 is 2.57 bits per heavy atom. The van der Waals surface area contributed by atoms with Gasteiger partial charge in [-0.05, 0) is 49.5 Å². The van der Waals surface area contributed by atoms with Crippen LogP contribution in [0, 0.1) is 5.92 Å². The zero-order valence-electron chi connectivity index (χ0n) is 16.3. The molecule has 1 aliphatic rings. The van der Waals surface area contributed by atoms with E-state index in [1.165, 1.54) is 21.2 Å². The predicted octanol–water partition coefficient (Wildman–Crippen LogP) is 2.53. The molecule has 6 nitrogen and oxygen atoms in total. The lowest BCUT2D eigenvalue weighted by Crippen LogP contribution is -2.45. The van der Waals surface area contributed by atoms with Gasteiger partial charge in [0.1, 0.15) is 4.21 Å². The third kappa shape index (κ3) is 5.20. The van der Waals surface area contributed by atoms with Gasteiger partial charge in [0.15, 0.2) is 0 Å². The summed E-state index contributed by atoms with van der Waals surface area (Å²) in [5, 5.41) is 4.72. The Morgan fingerprint density at radius 1 is 1.21 bits per heavy atom. The summed E-state index contributed by atoms with van der Waals surface area (Å²) in [6.07, 6.45) is 1.41. The number of piperidine rings is 1. The fourth-order valence-corrected chi connectivity index (χ4v) is 6.04. The Morgan fingerprint density at radius 2 is 1.93 bits per heavy atom. The van der Waals surface area contributed by atoms with Crippen molar-refractivity contribution in [3.8, 4) is 0 Å². The van der Waals surface area contributed by atoms with Crippen LogP contribution in [-0.4, -0.2) is 50.7 Å². The van der Waals surface area contributed by atoms with Gasteiger partial charge in [0.05, 0.1) is 5.92 Å². The maximum absolute atomic E-state index is 12.7. The molecular formula is C20H27N3O3S2. The maximum atomic E-state index is 12.7. The van der Waals surface area contributed by atoms with E-state index in [0.29, 0.717) is 30.1 Å². The predicted molar refractivity (Wildman–Crippen MR) is 111 cm³/mol. The number of hydrogen-bond acceptors (Lipinski definition) is 5. The lowest BCUT2D eigenvalue weighted by atomic mass is 9.98. The van der Waals surface area contributed by atoms with Gasteiger partial charge in [-0.1, -0.05) is 30.3 Å². The molecule has 1 aliphatic heterocycles. The Kier molecular flexibility index (Phi) is 6.87. The van der Waals surface area contributed by atoms with Gasteiger partial charge in [-0.25, -0.2) is 8.42 Å². The number of nitrogens with one attached hydrogen (secondary N) is 1. The molecule has 0 radical (unpaired) electrons. The van der Waals surface area contributed by atoms with Gasteiger partial charge < -0.3 is 10.2 Å². The van der Waals surface area contributed by atoms with Crippen molar-refractivity contribution in [1.82, 2.24) is 14.5 Å². The number of amides is 1. The Labute approximate surface area is 171 Å². The molecule has 152 valence electrons. The van der Waals surface area contributed by atoms with Crippen molar-refractivity contribution >= 4 is 27.3 Å². The van der Waals surface area contributed by atoms with E-state index < -0.39 is 10.0 Å². The van der Waals surface area contributed by atoms with Gasteiger partial charge in [-0.2, -0.15) is 4.31 Å². The summed E-state index contributed by atoms with van der Waals surface area (Å²) in [4.78, 5) is 14.7. The number of sulfonamides is 1. The van der Waals surface area contributed by atoms with Gasteiger partial charge in [0.25, 0.3) is 10.0 Å². The molecule has 0 saturated carbocycles. The summed E-state index contributed by atoms with van der Waals surface area (Å²) >= 11 is 1.21. The number of nitrogens with zero attached hydrogens (tertiary/aromatic N) is 2. The molecule has 0 spiro atoms. The molecule has 0 bridgehead atoms. The molecular weight excluding hydrogens is 394 g/mol. The van der Waals surface area contributed by atoms with Crippen LogP contribution in [0.1, 0.15) is 24.0 Å². The zero-order valence-corrected chi connectivity index (χ0v) is 17.9. The van der Waals surface area contributed by atoms with E-state index in [1.54, 1.807) is 17.5 Å². The zero-order chi connectivity index (χ0) is 20.1. The summed E-state index contributed by atoms with van der Waals surface area (Å²) in [6.45, 7) is 2.05. The molecule has 8 heteroatoms. The van der Waals surface area contributed by atoms with Crippen molar-refractivity contribution in [1.29, 1.82) is 0 Å². The highest BCUT2D eigenvalue weighted by atomic mass is 32.2. The minimum Gasteiger partial charge on any atom is -0.352 e. The summed E-state index contributed by atoms with van der Waals surface area (Å²) in [6, 6.07) is 11.5. The van der Waals surface area contributed by atoms with Crippen LogP contribution in [-0.2, 0) is 27.9 Å². The van der Waals surface area contributed by atoms with Crippen LogP contribution in [0.4, 0.5) is 0 Å². The lowest BCUT2D eigenvalue weighted by Gasteiger charge is -2.30. The van der Waals surface area contributed by atoms with E-state index in [1.807, 2.05) is 26.2 Å². The quantitative estimate of drug-likeness (QED) is 0.746. The van der Waals surface area contributed by atoms with E-state index in [4.69, 9.17) is 0 Å². The van der Waals surface area contributed by atoms with Crippen molar-refractivity contribution in [3.05, 3.63) is 52.9 Å². The molecule has 0 aliphatic carbocycles. The van der Waals surface area contributed by atoms with Gasteiger partial charge in [-0.3, -0.25) is 4.79 Å². The van der Waals surface area contributed by atoms with Crippen molar-refractivity contribution < 1.29 is 13.2 Å². The average Bonchev–Trinajstić information content (AvgIpc) is 3.22. The molecule has 2 aromatic rings. The van der Waals surface area contributed by atoms with E-state index >= 15 is 0 Å². The van der Waals surface area contributed by atoms with E-state index in [9.17, 15) is 13.2 Å². The molecule has 0 unspecified atom stereocenters. The van der Waals surface area contributed by atoms with E-state index in [0.717, 1.165) is 12.1 Å². The first kappa shape index (κ1) is 21.0. The van der Waals surface area contributed by atoms with Gasteiger partial charge >= 0.3 is 0 Å². The molecule has 3 rings (SSSR count). The summed E-state index contributed by atoms with van der Waals surface area (Å²) in [7, 11) is 0.557. The largest absolute Gasteiger partial charge is 0.352 e. The van der Waals surface area contributed by atoms with Crippen LogP contribution in [0.15, 0.2) is 46.0 Å². The normalized spacial score (nSPS) is 18.3. The summed E-state index contributed by atoms with van der Waals surface area (Å²) < 4.78 is 27.2. The fraction of sp³-hybridized carbons (Fsp3) is 0.450. The molecule has 1 aromatic heterocycles. The first-order valence-electron chi connectivity index (χ1n) is 9.40. The van der Waals surface area contributed by atoms with Crippen LogP contribution in [0.5, 0.6) is 0 Å². The number of thiophene rings is 1. The minimum absolute atomic E-state index is 0.0801. The van der Waals surface area contributed by atoms with Gasteiger partial charge in [-0.15, -0.1) is 11.3 Å². The second kappa shape index (κ2) is 9.17. The van der Waals surface area contributed by atoms with Crippen LogP contribution in [0.3, 0.4) is 0 Å². The van der Waals surface area contributed by atoms with Crippen LogP contribution >= 0.6 is 11.3 Å². The standard InChI is InChI=1S/C20H27N3O3S2/c1-22(2)14-17-9-7-16(8-10-17)13-21-20(24)18-5-3-11-23(15-18)28(25,26)19-6-4-12-27-19/h4,6-10,12,18H,3,5,11,13-15H2,1-2H3,(H,21,24)/t18-/m0/s1. The highest BCUT2D eigenvalue weighted by Crippen LogP contribution is 2.26. The van der Waals surface area contributed by atoms with Crippen LogP contribution in [0.2, 0.25) is 0 Å². The van der Waals surface area contributed by atoms with Crippen LogP contribution < -0.4 is 5.32 Å². The first-order valence-corrected chi connectivity index (χ1v) is 11.7. The molecule has 2 heterocycles. The van der Waals surface area contributed by atoms with Gasteiger partial charge in [0, 0.05) is 26.2 Å². The second-order valence-electron chi connectivity index (χ2n) is 7.41. The monoisotopic (exact) mass is 421 g/mol. The maximum Gasteiger partial charge on any atom is 0.252 e. The Bertz CT molecular complexity index is 878. The van der Waals surface area contributed by atoms with E-state index in [2.05, 4.69) is 22.3 Å². The third-order valence-corrected chi connectivity index (χ3v) is 8.07. The van der Waals surface area contributed by atoms with Crippen LogP contribution in [0.25, 0.3) is 0 Å². The SMILES string of the molecule is CN(C)Cc1ccc(CNC(=O)[C@H]2CCCN(S(=O)(=O)c3cccs3)C2)cc1. The van der Waals surface area contributed by atoms with E-state index in [-0.39, 0.29) is 18.4 Å². The lowest BCUT2D eigenvalue weighted by molar-refractivity contribution is -0.126. The van der Waals surface area contributed by atoms with Gasteiger partial charge in [0.2, 0.25) is 5.91 Å². The second-order valence-corrected chi connectivity index (χ2v) is 10.5. The average molecular weight is 422 g/mol. The summed E-state index contributed by atoms with van der Waals surface area (Å²) in [5.74, 6) is -0.389. The smallest absolute Gasteiger partial charge is 0.252 e. The topological polar surface area (TPSA) is 69.7 Å². The minimum atomic E-state index is -3.50. The first-order chi connectivity index (χ1) is 13.4. The highest BCUT2D eigenvalue weighted by Gasteiger charge is 2.33. The van der Waals surface area contributed by atoms with Crippen molar-refractivity contribution in [2.24, 2.45) is 5.92 Å². The van der Waals surface area contributed by atoms with Crippen molar-refractivity contribution in [3.63, 3.8) is 0 Å². The summed E-state index contributed by atoms with van der Waals surface area (Å²) in [5.41, 5.74) is 2.26. The number of hydrogen-bond donors (Lipinski definition) is 1.